The van der Waals surface area contributed by atoms with E-state index in [2.05, 4.69) is 23.9 Å². The molecule has 1 unspecified atom stereocenters. The minimum atomic E-state index is -0.113. The smallest absolute Gasteiger partial charge is 0.322 e. The second-order valence-electron chi connectivity index (χ2n) is 4.38. The quantitative estimate of drug-likeness (QED) is 0.649. The lowest BCUT2D eigenvalue weighted by Crippen LogP contribution is -2.37. The van der Waals surface area contributed by atoms with Gasteiger partial charge in [0, 0.05) is 6.04 Å². The van der Waals surface area contributed by atoms with Gasteiger partial charge in [-0.15, -0.1) is 12.4 Å². The third-order valence-electron chi connectivity index (χ3n) is 3.41. The van der Waals surface area contributed by atoms with Gasteiger partial charge in [-0.1, -0.05) is 13.8 Å². The van der Waals surface area contributed by atoms with Crippen molar-refractivity contribution in [2.24, 2.45) is 11.3 Å². The number of esters is 1. The van der Waals surface area contributed by atoms with E-state index in [0.717, 1.165) is 6.42 Å². The summed E-state index contributed by atoms with van der Waals surface area (Å²) < 4.78 is 4.67. The maximum atomic E-state index is 11.1. The lowest BCUT2D eigenvalue weighted by Gasteiger charge is -2.15. The van der Waals surface area contributed by atoms with E-state index in [-0.39, 0.29) is 24.4 Å². The topological polar surface area (TPSA) is 38.3 Å². The summed E-state index contributed by atoms with van der Waals surface area (Å²) in [4.78, 5) is 11.1. The summed E-state index contributed by atoms with van der Waals surface area (Å²) in [5, 5.41) is 3.29. The van der Waals surface area contributed by atoms with Crippen molar-refractivity contribution in [2.45, 2.75) is 32.4 Å². The molecule has 1 aliphatic carbocycles. The molecular formula is C9H16ClNO2. The fourth-order valence-electron chi connectivity index (χ4n) is 2.36. The van der Waals surface area contributed by atoms with E-state index in [9.17, 15) is 4.79 Å². The number of rotatable bonds is 1. The zero-order valence-corrected chi connectivity index (χ0v) is 8.98. The number of ether oxygens (including phenoxy) is 1. The van der Waals surface area contributed by atoms with Crippen LogP contribution in [-0.2, 0) is 9.53 Å². The molecule has 0 amide bonds. The minimum absolute atomic E-state index is 0. The predicted octanol–water partition coefficient (Wildman–Crippen LogP) is 0.968. The number of nitrogens with one attached hydrogen (secondary N) is 1. The molecule has 2 rings (SSSR count). The van der Waals surface area contributed by atoms with Crippen molar-refractivity contribution < 1.29 is 9.53 Å². The standard InChI is InChI=1S/C9H15NO2.ClH/c1-9(2)5-4-6(8(11)12-3)10-7(5)9;/h5-7,10H,4H2,1-3H3;1H/t5-,6?,7+;/m0./s1. The zero-order valence-electron chi connectivity index (χ0n) is 8.16. The number of fused-ring (bicyclic) bond motifs is 1. The maximum Gasteiger partial charge on any atom is 0.322 e. The molecule has 0 aromatic rings. The van der Waals surface area contributed by atoms with Crippen molar-refractivity contribution in [3.63, 3.8) is 0 Å². The Kier molecular flexibility index (Phi) is 2.61. The summed E-state index contributed by atoms with van der Waals surface area (Å²) in [6, 6.07) is 0.500. The SMILES string of the molecule is COC(=O)C1C[C@H]2[C@@H](N1)C2(C)C.Cl. The highest BCUT2D eigenvalue weighted by Crippen LogP contribution is 2.57. The van der Waals surface area contributed by atoms with Crippen molar-refractivity contribution in [1.82, 2.24) is 5.32 Å². The van der Waals surface area contributed by atoms with E-state index in [1.54, 1.807) is 0 Å². The number of halogens is 1. The maximum absolute atomic E-state index is 11.1. The third-order valence-corrected chi connectivity index (χ3v) is 3.41. The van der Waals surface area contributed by atoms with Gasteiger partial charge in [-0.05, 0) is 17.8 Å². The molecule has 3 atom stereocenters. The van der Waals surface area contributed by atoms with E-state index in [1.807, 2.05) is 0 Å². The van der Waals surface area contributed by atoms with Gasteiger partial charge in [0.25, 0.3) is 0 Å². The van der Waals surface area contributed by atoms with E-state index in [1.165, 1.54) is 7.11 Å². The number of piperidine rings is 1. The van der Waals surface area contributed by atoms with Gasteiger partial charge in [-0.2, -0.15) is 0 Å². The Labute approximate surface area is 84.6 Å². The Bertz CT molecular complexity index is 216. The highest BCUT2D eigenvalue weighted by atomic mass is 35.5. The van der Waals surface area contributed by atoms with E-state index in [0.29, 0.717) is 17.4 Å². The molecule has 0 aromatic carbocycles. The molecule has 1 heterocycles. The molecule has 0 radical (unpaired) electrons. The summed E-state index contributed by atoms with van der Waals surface area (Å²) in [6.45, 7) is 4.48. The van der Waals surface area contributed by atoms with Gasteiger partial charge in [0.15, 0.2) is 0 Å². The van der Waals surface area contributed by atoms with Gasteiger partial charge in [0.05, 0.1) is 7.11 Å². The molecule has 3 nitrogen and oxygen atoms in total. The van der Waals surface area contributed by atoms with Crippen molar-refractivity contribution in [2.75, 3.05) is 7.11 Å². The molecule has 2 aliphatic rings. The van der Waals surface area contributed by atoms with Crippen LogP contribution in [0.4, 0.5) is 0 Å². The molecule has 1 saturated carbocycles. The van der Waals surface area contributed by atoms with Crippen LogP contribution in [0.25, 0.3) is 0 Å². The Balaban J connectivity index is 0.000000845. The molecular weight excluding hydrogens is 190 g/mol. The zero-order chi connectivity index (χ0) is 8.93. The van der Waals surface area contributed by atoms with Crippen LogP contribution in [0, 0.1) is 11.3 Å². The second kappa shape index (κ2) is 3.14. The van der Waals surface area contributed by atoms with Gasteiger partial charge >= 0.3 is 5.97 Å². The summed E-state index contributed by atoms with van der Waals surface area (Å²) >= 11 is 0. The Hall–Kier alpha value is -0.280. The monoisotopic (exact) mass is 205 g/mol. The van der Waals surface area contributed by atoms with Gasteiger partial charge in [0.1, 0.15) is 6.04 Å². The Morgan fingerprint density at radius 3 is 2.54 bits per heavy atom. The first-order chi connectivity index (χ1) is 5.57. The van der Waals surface area contributed by atoms with Gasteiger partial charge < -0.3 is 10.1 Å². The van der Waals surface area contributed by atoms with E-state index < -0.39 is 0 Å². The molecule has 1 aliphatic heterocycles. The van der Waals surface area contributed by atoms with Crippen LogP contribution in [0.15, 0.2) is 0 Å². The van der Waals surface area contributed by atoms with Crippen LogP contribution in [0.2, 0.25) is 0 Å². The largest absolute Gasteiger partial charge is 0.468 e. The number of hydrogen-bond acceptors (Lipinski definition) is 3. The molecule has 1 saturated heterocycles. The summed E-state index contributed by atoms with van der Waals surface area (Å²) in [5.74, 6) is 0.569. The molecule has 4 heteroatoms. The fraction of sp³-hybridized carbons (Fsp3) is 0.889. The van der Waals surface area contributed by atoms with Crippen molar-refractivity contribution in [1.29, 1.82) is 0 Å². The van der Waals surface area contributed by atoms with Crippen LogP contribution in [0.5, 0.6) is 0 Å². The number of carbonyl (C=O) groups excluding carboxylic acids is 1. The Morgan fingerprint density at radius 1 is 1.54 bits per heavy atom. The summed E-state index contributed by atoms with van der Waals surface area (Å²) in [6.07, 6.45) is 0.949. The van der Waals surface area contributed by atoms with E-state index in [4.69, 9.17) is 0 Å². The van der Waals surface area contributed by atoms with Crippen LogP contribution in [0.1, 0.15) is 20.3 Å². The number of methoxy groups -OCH3 is 1. The lowest BCUT2D eigenvalue weighted by atomic mass is 10.0. The predicted molar refractivity (Wildman–Crippen MR) is 51.9 cm³/mol. The third kappa shape index (κ3) is 1.44. The van der Waals surface area contributed by atoms with Gasteiger partial charge in [0.2, 0.25) is 0 Å². The first-order valence-electron chi connectivity index (χ1n) is 4.41. The number of carbonyl (C=O) groups is 1. The van der Waals surface area contributed by atoms with Crippen LogP contribution < -0.4 is 5.32 Å². The first-order valence-corrected chi connectivity index (χ1v) is 4.41. The lowest BCUT2D eigenvalue weighted by molar-refractivity contribution is -0.143. The molecule has 0 aromatic heterocycles. The molecule has 76 valence electrons. The molecule has 2 fully saturated rings. The normalized spacial score (nSPS) is 38.8. The fourth-order valence-corrected chi connectivity index (χ4v) is 2.36. The average Bonchev–Trinajstić information content (AvgIpc) is 2.52. The summed E-state index contributed by atoms with van der Waals surface area (Å²) in [7, 11) is 1.44. The molecule has 0 spiro atoms. The first kappa shape index (κ1) is 10.8. The van der Waals surface area contributed by atoms with Crippen molar-refractivity contribution in [3.05, 3.63) is 0 Å². The average molecular weight is 206 g/mol. The highest BCUT2D eigenvalue weighted by Gasteiger charge is 2.63. The molecule has 0 bridgehead atoms. The highest BCUT2D eigenvalue weighted by molar-refractivity contribution is 5.85. The van der Waals surface area contributed by atoms with Crippen LogP contribution in [-0.4, -0.2) is 25.2 Å². The Morgan fingerprint density at radius 2 is 2.15 bits per heavy atom. The van der Waals surface area contributed by atoms with Crippen LogP contribution >= 0.6 is 12.4 Å². The van der Waals surface area contributed by atoms with Crippen LogP contribution in [0.3, 0.4) is 0 Å². The van der Waals surface area contributed by atoms with Crippen molar-refractivity contribution >= 4 is 18.4 Å². The summed E-state index contributed by atoms with van der Waals surface area (Å²) in [5.41, 5.74) is 0.407. The van der Waals surface area contributed by atoms with E-state index >= 15 is 0 Å². The van der Waals surface area contributed by atoms with Gasteiger partial charge in [-0.25, -0.2) is 0 Å². The molecule has 1 N–H and O–H groups in total. The second-order valence-corrected chi connectivity index (χ2v) is 4.38. The van der Waals surface area contributed by atoms with Gasteiger partial charge in [-0.3, -0.25) is 4.79 Å². The van der Waals surface area contributed by atoms with Crippen molar-refractivity contribution in [3.8, 4) is 0 Å². The number of hydrogen-bond donors (Lipinski definition) is 1. The minimum Gasteiger partial charge on any atom is -0.468 e. The molecule has 13 heavy (non-hydrogen) atoms.